The molecule has 1 aliphatic rings. The van der Waals surface area contributed by atoms with Crippen LogP contribution in [0, 0.1) is 0 Å². The highest BCUT2D eigenvalue weighted by molar-refractivity contribution is 5.87. The molecule has 1 saturated heterocycles. The smallest absolute Gasteiger partial charge is 0.335 e. The van der Waals surface area contributed by atoms with Crippen LogP contribution in [0.2, 0.25) is 0 Å². The minimum absolute atomic E-state index is 0.132. The van der Waals surface area contributed by atoms with Gasteiger partial charge >= 0.3 is 5.97 Å². The lowest BCUT2D eigenvalue weighted by molar-refractivity contribution is -0.0166. The molecule has 1 aromatic carbocycles. The van der Waals surface area contributed by atoms with Crippen LogP contribution in [-0.2, 0) is 18.3 Å². The predicted octanol–water partition coefficient (Wildman–Crippen LogP) is 1.74. The second kappa shape index (κ2) is 7.29. The minimum atomic E-state index is -0.930. The molecule has 3 aromatic rings. The number of rotatable bonds is 5. The number of aromatic nitrogens is 4. The van der Waals surface area contributed by atoms with Crippen LogP contribution in [0.25, 0.3) is 11.5 Å². The third-order valence-electron chi connectivity index (χ3n) is 4.52. The van der Waals surface area contributed by atoms with Gasteiger partial charge in [0.25, 0.3) is 5.89 Å². The summed E-state index contributed by atoms with van der Waals surface area (Å²) in [6.07, 6.45) is 3.49. The molecule has 9 heteroatoms. The number of benzene rings is 1. The van der Waals surface area contributed by atoms with Crippen LogP contribution in [0.3, 0.4) is 0 Å². The van der Waals surface area contributed by atoms with Crippen molar-refractivity contribution in [1.82, 2.24) is 24.8 Å². The zero-order chi connectivity index (χ0) is 18.8. The van der Waals surface area contributed by atoms with E-state index >= 15 is 0 Å². The van der Waals surface area contributed by atoms with Gasteiger partial charge in [0.05, 0.1) is 36.6 Å². The average molecular weight is 369 g/mol. The summed E-state index contributed by atoms with van der Waals surface area (Å²) in [6.45, 7) is 2.46. The van der Waals surface area contributed by atoms with E-state index in [-0.39, 0.29) is 11.6 Å². The Labute approximate surface area is 155 Å². The molecule has 0 aliphatic carbocycles. The number of carboxylic acids is 1. The van der Waals surface area contributed by atoms with E-state index in [2.05, 4.69) is 20.1 Å². The molecule has 140 valence electrons. The molecule has 3 heterocycles. The highest BCUT2D eigenvalue weighted by atomic mass is 16.5. The quantitative estimate of drug-likeness (QED) is 0.725. The Hall–Kier alpha value is -3.04. The summed E-state index contributed by atoms with van der Waals surface area (Å²) in [4.78, 5) is 17.7. The summed E-state index contributed by atoms with van der Waals surface area (Å²) in [5.41, 5.74) is 2.06. The molecule has 1 aliphatic heterocycles. The molecule has 0 spiro atoms. The summed E-state index contributed by atoms with van der Waals surface area (Å²) >= 11 is 0. The fourth-order valence-electron chi connectivity index (χ4n) is 3.07. The van der Waals surface area contributed by atoms with Crippen LogP contribution in [0.15, 0.2) is 41.2 Å². The maximum Gasteiger partial charge on any atom is 0.335 e. The first-order valence-corrected chi connectivity index (χ1v) is 8.57. The van der Waals surface area contributed by atoms with Gasteiger partial charge in [0.2, 0.25) is 0 Å². The number of carbonyl (C=O) groups is 1. The first-order valence-electron chi connectivity index (χ1n) is 8.57. The number of aryl methyl sites for hydroxylation is 1. The Morgan fingerprint density at radius 2 is 2.15 bits per heavy atom. The molecular weight excluding hydrogens is 350 g/mol. The number of aromatic carboxylic acids is 1. The molecule has 2 aromatic heterocycles. The van der Waals surface area contributed by atoms with E-state index in [1.807, 2.05) is 25.4 Å². The summed E-state index contributed by atoms with van der Waals surface area (Å²) in [5.74, 6) is 0.0608. The molecule has 0 saturated carbocycles. The van der Waals surface area contributed by atoms with Crippen LogP contribution in [-0.4, -0.2) is 55.7 Å². The molecule has 4 rings (SSSR count). The maximum absolute atomic E-state index is 11.0. The van der Waals surface area contributed by atoms with Gasteiger partial charge in [-0.15, -0.1) is 0 Å². The van der Waals surface area contributed by atoms with Gasteiger partial charge in [-0.1, -0.05) is 17.3 Å². The Bertz CT molecular complexity index is 933. The summed E-state index contributed by atoms with van der Waals surface area (Å²) in [6, 6.07) is 6.75. The normalized spacial score (nSPS) is 17.9. The molecule has 27 heavy (non-hydrogen) atoms. The van der Waals surface area contributed by atoms with Crippen molar-refractivity contribution in [3.63, 3.8) is 0 Å². The predicted molar refractivity (Wildman–Crippen MR) is 93.9 cm³/mol. The van der Waals surface area contributed by atoms with E-state index in [9.17, 15) is 4.79 Å². The molecule has 0 radical (unpaired) electrons. The monoisotopic (exact) mass is 369 g/mol. The van der Waals surface area contributed by atoms with Gasteiger partial charge in [0.1, 0.15) is 0 Å². The van der Waals surface area contributed by atoms with E-state index in [0.29, 0.717) is 31.5 Å². The summed E-state index contributed by atoms with van der Waals surface area (Å²) in [7, 11) is 1.83. The first kappa shape index (κ1) is 17.4. The Morgan fingerprint density at radius 1 is 1.33 bits per heavy atom. The first-order chi connectivity index (χ1) is 13.1. The highest BCUT2D eigenvalue weighted by Gasteiger charge is 2.29. The lowest BCUT2D eigenvalue weighted by Crippen LogP contribution is -2.39. The van der Waals surface area contributed by atoms with Crippen LogP contribution >= 0.6 is 0 Å². The maximum atomic E-state index is 11.0. The fraction of sp³-hybridized carbons (Fsp3) is 0.333. The van der Waals surface area contributed by atoms with Gasteiger partial charge in [-0.05, 0) is 17.7 Å². The molecule has 0 amide bonds. The largest absolute Gasteiger partial charge is 0.478 e. The Kier molecular flexibility index (Phi) is 4.69. The molecule has 1 N–H and O–H groups in total. The van der Waals surface area contributed by atoms with E-state index in [0.717, 1.165) is 17.7 Å². The lowest BCUT2D eigenvalue weighted by Gasteiger charge is -2.33. The van der Waals surface area contributed by atoms with Crippen molar-refractivity contribution in [2.75, 3.05) is 19.8 Å². The van der Waals surface area contributed by atoms with Gasteiger partial charge in [0, 0.05) is 26.3 Å². The summed E-state index contributed by atoms with van der Waals surface area (Å²) in [5, 5.41) is 17.3. The minimum Gasteiger partial charge on any atom is -0.478 e. The summed E-state index contributed by atoms with van der Waals surface area (Å²) < 4.78 is 12.7. The zero-order valence-electron chi connectivity index (χ0n) is 14.8. The second-order valence-electron chi connectivity index (χ2n) is 6.42. The van der Waals surface area contributed by atoms with E-state index in [1.165, 1.54) is 0 Å². The second-order valence-corrected chi connectivity index (χ2v) is 6.42. The average Bonchev–Trinajstić information content (AvgIpc) is 3.32. The number of nitrogens with zero attached hydrogens (tertiary/aromatic N) is 5. The molecular formula is C18H19N5O4. The van der Waals surface area contributed by atoms with Gasteiger partial charge in [-0.3, -0.25) is 9.58 Å². The van der Waals surface area contributed by atoms with E-state index in [1.54, 1.807) is 23.0 Å². The molecule has 1 atom stereocenters. The Morgan fingerprint density at radius 3 is 2.85 bits per heavy atom. The van der Waals surface area contributed by atoms with Crippen LogP contribution in [0.1, 0.15) is 27.8 Å². The van der Waals surface area contributed by atoms with Gasteiger partial charge < -0.3 is 14.4 Å². The fourth-order valence-corrected chi connectivity index (χ4v) is 3.07. The van der Waals surface area contributed by atoms with Crippen molar-refractivity contribution in [3.8, 4) is 11.5 Å². The third kappa shape index (κ3) is 3.74. The van der Waals surface area contributed by atoms with Crippen molar-refractivity contribution >= 4 is 5.97 Å². The van der Waals surface area contributed by atoms with E-state index < -0.39 is 5.97 Å². The Balaban J connectivity index is 1.52. The zero-order valence-corrected chi connectivity index (χ0v) is 14.8. The molecule has 1 unspecified atom stereocenters. The highest BCUT2D eigenvalue weighted by Crippen LogP contribution is 2.26. The van der Waals surface area contributed by atoms with Gasteiger partial charge in [0.15, 0.2) is 5.82 Å². The van der Waals surface area contributed by atoms with Crippen LogP contribution in [0.4, 0.5) is 0 Å². The number of morpholine rings is 1. The van der Waals surface area contributed by atoms with Crippen molar-refractivity contribution in [2.45, 2.75) is 12.6 Å². The number of hydrogen-bond acceptors (Lipinski definition) is 7. The van der Waals surface area contributed by atoms with Crippen molar-refractivity contribution in [1.29, 1.82) is 0 Å². The topological polar surface area (TPSA) is 107 Å². The van der Waals surface area contributed by atoms with Crippen LogP contribution in [0.5, 0.6) is 0 Å². The lowest BCUT2D eigenvalue weighted by atomic mass is 10.1. The van der Waals surface area contributed by atoms with Crippen molar-refractivity contribution in [3.05, 3.63) is 53.6 Å². The molecule has 1 fully saturated rings. The van der Waals surface area contributed by atoms with E-state index in [4.69, 9.17) is 14.4 Å². The molecule has 0 bridgehead atoms. The van der Waals surface area contributed by atoms with Crippen molar-refractivity contribution < 1.29 is 19.2 Å². The number of ether oxygens (including phenoxy) is 1. The van der Waals surface area contributed by atoms with Gasteiger partial charge in [-0.25, -0.2) is 4.79 Å². The SMILES string of the molecule is Cn1cc(-c2nc(C3COCCN3Cc3ccc(C(=O)O)cc3)no2)cn1. The standard InChI is InChI=1S/C18H19N5O4/c1-22-10-14(8-19-22)17-20-16(21-27-17)15-11-26-7-6-23(15)9-12-2-4-13(5-3-12)18(24)25/h2-5,8,10,15H,6-7,9,11H2,1H3,(H,24,25). The molecule has 9 nitrogen and oxygen atoms in total. The number of hydrogen-bond donors (Lipinski definition) is 1. The number of carboxylic acid groups (broad SMARTS) is 1. The van der Waals surface area contributed by atoms with Crippen molar-refractivity contribution in [2.24, 2.45) is 7.05 Å². The van der Waals surface area contributed by atoms with Crippen LogP contribution < -0.4 is 0 Å². The third-order valence-corrected chi connectivity index (χ3v) is 4.52. The van der Waals surface area contributed by atoms with Gasteiger partial charge in [-0.2, -0.15) is 10.1 Å².